The largest absolute Gasteiger partial charge is 0.478 e. The molecule has 140 valence electrons. The summed E-state index contributed by atoms with van der Waals surface area (Å²) in [6, 6.07) is 10.5. The van der Waals surface area contributed by atoms with Crippen molar-refractivity contribution in [2.45, 2.75) is 19.6 Å². The van der Waals surface area contributed by atoms with Gasteiger partial charge in [0.1, 0.15) is 17.6 Å². The molecule has 4 rings (SSSR count). The Bertz CT molecular complexity index is 948. The van der Waals surface area contributed by atoms with Gasteiger partial charge in [-0.3, -0.25) is 4.90 Å². The molecule has 0 amide bonds. The summed E-state index contributed by atoms with van der Waals surface area (Å²) >= 11 is 0. The van der Waals surface area contributed by atoms with Gasteiger partial charge in [-0.15, -0.1) is 0 Å². The zero-order chi connectivity index (χ0) is 18.8. The maximum atomic E-state index is 11.4. The fourth-order valence-electron chi connectivity index (χ4n) is 3.15. The molecule has 1 aromatic carbocycles. The van der Waals surface area contributed by atoms with Crippen molar-refractivity contribution in [2.75, 3.05) is 19.7 Å². The average Bonchev–Trinajstić information content (AvgIpc) is 3.31. The number of aromatic nitrogens is 2. The van der Waals surface area contributed by atoms with Crippen LogP contribution in [0.15, 0.2) is 45.3 Å². The van der Waals surface area contributed by atoms with Gasteiger partial charge in [-0.1, -0.05) is 23.4 Å². The third-order valence-corrected chi connectivity index (χ3v) is 4.43. The van der Waals surface area contributed by atoms with Crippen LogP contribution < -0.4 is 0 Å². The van der Waals surface area contributed by atoms with Gasteiger partial charge in [0.15, 0.2) is 5.82 Å². The molecule has 0 bridgehead atoms. The Hall–Kier alpha value is -2.97. The maximum Gasteiger partial charge on any atom is 0.336 e. The van der Waals surface area contributed by atoms with Crippen molar-refractivity contribution < 1.29 is 23.6 Å². The lowest BCUT2D eigenvalue weighted by molar-refractivity contribution is -0.0489. The third kappa shape index (κ3) is 3.76. The topological polar surface area (TPSA) is 102 Å². The Balaban J connectivity index is 1.47. The van der Waals surface area contributed by atoms with Crippen LogP contribution in [-0.4, -0.2) is 45.8 Å². The number of hydrogen-bond acceptors (Lipinski definition) is 7. The summed E-state index contributed by atoms with van der Waals surface area (Å²) in [5.74, 6) is 1.38. The number of carbonyl (C=O) groups is 1. The Kier molecular flexibility index (Phi) is 4.74. The SMILES string of the molecule is Cc1noc([C@H]2CN(Cc3ccc(-c4ccccc4C(=O)O)o3)CCO2)n1. The molecule has 0 spiro atoms. The highest BCUT2D eigenvalue weighted by Crippen LogP contribution is 2.27. The van der Waals surface area contributed by atoms with Crippen LogP contribution in [0.1, 0.15) is 33.9 Å². The van der Waals surface area contributed by atoms with Crippen molar-refractivity contribution in [1.82, 2.24) is 15.0 Å². The number of furan rings is 1. The second kappa shape index (κ2) is 7.34. The average molecular weight is 369 g/mol. The minimum absolute atomic E-state index is 0.219. The fourth-order valence-corrected chi connectivity index (χ4v) is 3.15. The van der Waals surface area contributed by atoms with E-state index in [2.05, 4.69) is 15.0 Å². The van der Waals surface area contributed by atoms with Crippen molar-refractivity contribution >= 4 is 5.97 Å². The van der Waals surface area contributed by atoms with Crippen molar-refractivity contribution in [3.63, 3.8) is 0 Å². The molecule has 2 aromatic heterocycles. The predicted molar refractivity (Wildman–Crippen MR) is 94.1 cm³/mol. The van der Waals surface area contributed by atoms with Gasteiger partial charge in [0.25, 0.3) is 5.89 Å². The number of aryl methyl sites for hydroxylation is 1. The zero-order valence-corrected chi connectivity index (χ0v) is 14.8. The molecule has 1 atom stereocenters. The molecule has 1 N–H and O–H groups in total. The first-order valence-electron chi connectivity index (χ1n) is 8.66. The molecule has 3 aromatic rings. The predicted octanol–water partition coefficient (Wildman–Crippen LogP) is 2.91. The highest BCUT2D eigenvalue weighted by molar-refractivity contribution is 5.95. The van der Waals surface area contributed by atoms with Crippen LogP contribution in [0.5, 0.6) is 0 Å². The van der Waals surface area contributed by atoms with Crippen LogP contribution in [0.25, 0.3) is 11.3 Å². The summed E-state index contributed by atoms with van der Waals surface area (Å²) in [5.41, 5.74) is 0.786. The molecule has 0 unspecified atom stereocenters. The monoisotopic (exact) mass is 369 g/mol. The Morgan fingerprint density at radius 1 is 1.30 bits per heavy atom. The Labute approximate surface area is 155 Å². The number of carboxylic acids is 1. The third-order valence-electron chi connectivity index (χ3n) is 4.43. The van der Waals surface area contributed by atoms with Crippen LogP contribution >= 0.6 is 0 Å². The number of aromatic carboxylic acids is 1. The quantitative estimate of drug-likeness (QED) is 0.732. The van der Waals surface area contributed by atoms with Crippen molar-refractivity contribution in [3.05, 3.63) is 59.4 Å². The fraction of sp³-hybridized carbons (Fsp3) is 0.316. The van der Waals surface area contributed by atoms with E-state index in [0.29, 0.717) is 42.7 Å². The van der Waals surface area contributed by atoms with Crippen molar-refractivity contribution in [1.29, 1.82) is 0 Å². The lowest BCUT2D eigenvalue weighted by Crippen LogP contribution is -2.37. The van der Waals surface area contributed by atoms with E-state index in [4.69, 9.17) is 13.7 Å². The Morgan fingerprint density at radius 2 is 2.15 bits per heavy atom. The molecular formula is C19H19N3O5. The van der Waals surface area contributed by atoms with Gasteiger partial charge in [0, 0.05) is 18.7 Å². The van der Waals surface area contributed by atoms with Crippen LogP contribution in [-0.2, 0) is 11.3 Å². The Morgan fingerprint density at radius 3 is 2.93 bits per heavy atom. The summed E-state index contributed by atoms with van der Waals surface area (Å²) in [5, 5.41) is 13.2. The van der Waals surface area contributed by atoms with E-state index in [1.165, 1.54) is 0 Å². The smallest absolute Gasteiger partial charge is 0.336 e. The zero-order valence-electron chi connectivity index (χ0n) is 14.8. The van der Waals surface area contributed by atoms with Gasteiger partial charge in [-0.05, 0) is 25.1 Å². The molecule has 0 saturated carbocycles. The summed E-state index contributed by atoms with van der Waals surface area (Å²) in [6.07, 6.45) is -0.262. The second-order valence-corrected chi connectivity index (χ2v) is 6.39. The van der Waals surface area contributed by atoms with Crippen LogP contribution in [0, 0.1) is 6.92 Å². The summed E-state index contributed by atoms with van der Waals surface area (Å²) in [4.78, 5) is 17.8. The van der Waals surface area contributed by atoms with E-state index >= 15 is 0 Å². The highest BCUT2D eigenvalue weighted by Gasteiger charge is 2.27. The van der Waals surface area contributed by atoms with Crippen molar-refractivity contribution in [2.24, 2.45) is 0 Å². The number of benzene rings is 1. The minimum Gasteiger partial charge on any atom is -0.478 e. The van der Waals surface area contributed by atoms with E-state index < -0.39 is 5.97 Å². The number of hydrogen-bond donors (Lipinski definition) is 1. The van der Waals surface area contributed by atoms with Crippen LogP contribution in [0.4, 0.5) is 0 Å². The minimum atomic E-state index is -0.977. The number of carboxylic acid groups (broad SMARTS) is 1. The number of rotatable bonds is 5. The molecule has 8 heteroatoms. The molecule has 1 aliphatic heterocycles. The lowest BCUT2D eigenvalue weighted by atomic mass is 10.1. The standard InChI is InChI=1S/C19H19N3O5/c1-12-20-18(27-21-12)17-11-22(8-9-25-17)10-13-6-7-16(26-13)14-4-2-3-5-15(14)19(23)24/h2-7,17H,8-11H2,1H3,(H,23,24)/t17-/m1/s1. The molecule has 0 radical (unpaired) electrons. The van der Waals surface area contributed by atoms with E-state index in [9.17, 15) is 9.90 Å². The molecule has 0 aliphatic carbocycles. The van der Waals surface area contributed by atoms with E-state index in [1.807, 2.05) is 6.07 Å². The van der Waals surface area contributed by atoms with E-state index in [0.717, 1.165) is 12.3 Å². The van der Waals surface area contributed by atoms with Crippen molar-refractivity contribution in [3.8, 4) is 11.3 Å². The number of nitrogens with zero attached hydrogens (tertiary/aromatic N) is 3. The van der Waals surface area contributed by atoms with Crippen LogP contribution in [0.2, 0.25) is 0 Å². The van der Waals surface area contributed by atoms with Gasteiger partial charge in [-0.2, -0.15) is 4.98 Å². The molecule has 1 saturated heterocycles. The highest BCUT2D eigenvalue weighted by atomic mass is 16.5. The maximum absolute atomic E-state index is 11.4. The lowest BCUT2D eigenvalue weighted by Gasteiger charge is -2.30. The molecule has 27 heavy (non-hydrogen) atoms. The number of ether oxygens (including phenoxy) is 1. The molecule has 1 aliphatic rings. The normalized spacial score (nSPS) is 17.9. The second-order valence-electron chi connectivity index (χ2n) is 6.39. The van der Waals surface area contributed by atoms with Gasteiger partial charge in [0.2, 0.25) is 0 Å². The first-order chi connectivity index (χ1) is 13.1. The summed E-state index contributed by atoms with van der Waals surface area (Å²) in [7, 11) is 0. The summed E-state index contributed by atoms with van der Waals surface area (Å²) < 4.78 is 16.8. The first-order valence-corrected chi connectivity index (χ1v) is 8.66. The van der Waals surface area contributed by atoms with Gasteiger partial charge in [-0.25, -0.2) is 4.79 Å². The van der Waals surface area contributed by atoms with Crippen LogP contribution in [0.3, 0.4) is 0 Å². The van der Waals surface area contributed by atoms with Gasteiger partial charge < -0.3 is 18.8 Å². The van der Waals surface area contributed by atoms with E-state index in [1.54, 1.807) is 37.3 Å². The van der Waals surface area contributed by atoms with Gasteiger partial charge in [0.05, 0.1) is 18.7 Å². The molecule has 1 fully saturated rings. The molecular weight excluding hydrogens is 350 g/mol. The van der Waals surface area contributed by atoms with Gasteiger partial charge >= 0.3 is 5.97 Å². The number of morpholine rings is 1. The van der Waals surface area contributed by atoms with E-state index in [-0.39, 0.29) is 11.7 Å². The first kappa shape index (κ1) is 17.4. The summed E-state index contributed by atoms with van der Waals surface area (Å²) in [6.45, 7) is 4.28. The molecule has 3 heterocycles. The molecule has 8 nitrogen and oxygen atoms in total.